The predicted octanol–water partition coefficient (Wildman–Crippen LogP) is 2.57. The molecule has 0 saturated carbocycles. The molecule has 88 valence electrons. The molecule has 16 heavy (non-hydrogen) atoms. The number of methoxy groups -OCH3 is 1. The zero-order chi connectivity index (χ0) is 11.6. The van der Waals surface area contributed by atoms with Gasteiger partial charge in [0.2, 0.25) is 0 Å². The van der Waals surface area contributed by atoms with Gasteiger partial charge in [0, 0.05) is 31.3 Å². The van der Waals surface area contributed by atoms with E-state index in [1.165, 1.54) is 11.3 Å². The van der Waals surface area contributed by atoms with Crippen molar-refractivity contribution in [1.82, 2.24) is 0 Å². The van der Waals surface area contributed by atoms with Crippen LogP contribution in [0.3, 0.4) is 0 Å². The summed E-state index contributed by atoms with van der Waals surface area (Å²) in [6.45, 7) is 4.10. The van der Waals surface area contributed by atoms with E-state index in [4.69, 9.17) is 4.74 Å². The summed E-state index contributed by atoms with van der Waals surface area (Å²) in [5.41, 5.74) is 1.09. The van der Waals surface area contributed by atoms with E-state index in [2.05, 4.69) is 11.8 Å². The lowest BCUT2D eigenvalue weighted by Crippen LogP contribution is -2.47. The molecule has 0 aromatic carbocycles. The maximum Gasteiger partial charge on any atom is 0.160 e. The van der Waals surface area contributed by atoms with E-state index in [9.17, 15) is 4.79 Å². The van der Waals surface area contributed by atoms with E-state index in [0.29, 0.717) is 0 Å². The van der Waals surface area contributed by atoms with Crippen LogP contribution >= 0.6 is 11.3 Å². The highest BCUT2D eigenvalue weighted by atomic mass is 32.1. The summed E-state index contributed by atoms with van der Waals surface area (Å²) in [5.74, 6) is 0. The molecule has 1 saturated heterocycles. The van der Waals surface area contributed by atoms with Crippen molar-refractivity contribution in [1.29, 1.82) is 0 Å². The Balaban J connectivity index is 2.12. The molecule has 1 aliphatic heterocycles. The van der Waals surface area contributed by atoms with Crippen LogP contribution in [-0.4, -0.2) is 32.1 Å². The summed E-state index contributed by atoms with van der Waals surface area (Å²) in [5, 5.41) is 2.05. The summed E-state index contributed by atoms with van der Waals surface area (Å²) in [7, 11) is 1.77. The standard InChI is InChI=1S/C12H17NO2S/c1-12(15-2)4-3-5-13(9-12)10-6-11(7-14)16-8-10/h6-8H,3-5,9H2,1-2H3. The number of ether oxygens (including phenoxy) is 1. The molecule has 0 bridgehead atoms. The molecular weight excluding hydrogens is 222 g/mol. The molecule has 1 aliphatic rings. The van der Waals surface area contributed by atoms with E-state index in [1.54, 1.807) is 7.11 Å². The van der Waals surface area contributed by atoms with Gasteiger partial charge in [0.1, 0.15) is 0 Å². The normalized spacial score (nSPS) is 25.8. The molecule has 0 N–H and O–H groups in total. The first-order valence-electron chi connectivity index (χ1n) is 5.51. The molecule has 2 rings (SSSR count). The Bertz CT molecular complexity index is 377. The monoisotopic (exact) mass is 239 g/mol. The maximum absolute atomic E-state index is 10.7. The van der Waals surface area contributed by atoms with Gasteiger partial charge in [-0.3, -0.25) is 4.79 Å². The summed E-state index contributed by atoms with van der Waals surface area (Å²) >= 11 is 1.50. The van der Waals surface area contributed by atoms with Gasteiger partial charge >= 0.3 is 0 Å². The van der Waals surface area contributed by atoms with Crippen LogP contribution in [0.2, 0.25) is 0 Å². The lowest BCUT2D eigenvalue weighted by atomic mass is 9.94. The average molecular weight is 239 g/mol. The minimum atomic E-state index is -0.0540. The fourth-order valence-electron chi connectivity index (χ4n) is 2.16. The molecule has 1 aromatic heterocycles. The third kappa shape index (κ3) is 2.28. The minimum absolute atomic E-state index is 0.0540. The Kier molecular flexibility index (Phi) is 3.30. The third-order valence-corrected chi connectivity index (χ3v) is 4.08. The fraction of sp³-hybridized carbons (Fsp3) is 0.583. The molecule has 0 amide bonds. The van der Waals surface area contributed by atoms with Crippen molar-refractivity contribution in [2.75, 3.05) is 25.1 Å². The van der Waals surface area contributed by atoms with Gasteiger partial charge in [0.25, 0.3) is 0 Å². The summed E-state index contributed by atoms with van der Waals surface area (Å²) < 4.78 is 5.56. The van der Waals surface area contributed by atoms with Gasteiger partial charge < -0.3 is 9.64 Å². The number of piperidine rings is 1. The highest BCUT2D eigenvalue weighted by Crippen LogP contribution is 2.30. The molecule has 1 atom stereocenters. The van der Waals surface area contributed by atoms with Crippen LogP contribution in [0.5, 0.6) is 0 Å². The lowest BCUT2D eigenvalue weighted by Gasteiger charge is -2.40. The van der Waals surface area contributed by atoms with Gasteiger partial charge in [-0.05, 0) is 25.8 Å². The number of hydrogen-bond acceptors (Lipinski definition) is 4. The molecule has 0 aliphatic carbocycles. The molecule has 0 radical (unpaired) electrons. The Morgan fingerprint density at radius 1 is 1.62 bits per heavy atom. The second-order valence-corrected chi connectivity index (χ2v) is 5.45. The molecule has 0 spiro atoms. The van der Waals surface area contributed by atoms with Gasteiger partial charge in [0.15, 0.2) is 6.29 Å². The van der Waals surface area contributed by atoms with E-state index >= 15 is 0 Å². The largest absolute Gasteiger partial charge is 0.377 e. The number of thiophene rings is 1. The zero-order valence-electron chi connectivity index (χ0n) is 9.73. The Morgan fingerprint density at radius 3 is 3.06 bits per heavy atom. The Labute approximate surface area is 100 Å². The van der Waals surface area contributed by atoms with Crippen LogP contribution in [0.4, 0.5) is 5.69 Å². The summed E-state index contributed by atoms with van der Waals surface area (Å²) in [4.78, 5) is 13.7. The van der Waals surface area contributed by atoms with Gasteiger partial charge in [-0.1, -0.05) is 0 Å². The highest BCUT2D eigenvalue weighted by molar-refractivity contribution is 7.12. The molecule has 3 nitrogen and oxygen atoms in total. The van der Waals surface area contributed by atoms with Crippen LogP contribution in [0.25, 0.3) is 0 Å². The van der Waals surface area contributed by atoms with Crippen molar-refractivity contribution in [3.63, 3.8) is 0 Å². The van der Waals surface area contributed by atoms with Gasteiger partial charge in [-0.25, -0.2) is 0 Å². The number of hydrogen-bond donors (Lipinski definition) is 0. The molecule has 4 heteroatoms. The van der Waals surface area contributed by atoms with Crippen molar-refractivity contribution in [3.8, 4) is 0 Å². The van der Waals surface area contributed by atoms with Gasteiger partial charge in [-0.2, -0.15) is 0 Å². The van der Waals surface area contributed by atoms with Crippen molar-refractivity contribution < 1.29 is 9.53 Å². The minimum Gasteiger partial charge on any atom is -0.377 e. The summed E-state index contributed by atoms with van der Waals surface area (Å²) in [6.07, 6.45) is 3.15. The number of anilines is 1. The predicted molar refractivity (Wildman–Crippen MR) is 66.6 cm³/mol. The Hall–Kier alpha value is -0.870. The number of rotatable bonds is 3. The topological polar surface area (TPSA) is 29.5 Å². The first-order valence-corrected chi connectivity index (χ1v) is 6.39. The molecule has 1 unspecified atom stereocenters. The van der Waals surface area contributed by atoms with E-state index in [1.807, 2.05) is 11.4 Å². The maximum atomic E-state index is 10.7. The van der Waals surface area contributed by atoms with Crippen molar-refractivity contribution in [2.45, 2.75) is 25.4 Å². The quantitative estimate of drug-likeness (QED) is 0.759. The molecule has 1 fully saturated rings. The van der Waals surface area contributed by atoms with Crippen molar-refractivity contribution in [3.05, 3.63) is 16.3 Å². The van der Waals surface area contributed by atoms with Crippen molar-refractivity contribution >= 4 is 23.3 Å². The highest BCUT2D eigenvalue weighted by Gasteiger charge is 2.31. The molecule has 1 aromatic rings. The lowest BCUT2D eigenvalue weighted by molar-refractivity contribution is -0.00463. The van der Waals surface area contributed by atoms with E-state index < -0.39 is 0 Å². The molecule has 2 heterocycles. The smallest absolute Gasteiger partial charge is 0.160 e. The number of nitrogens with zero attached hydrogens (tertiary/aromatic N) is 1. The van der Waals surface area contributed by atoms with Crippen LogP contribution in [-0.2, 0) is 4.74 Å². The fourth-order valence-corrected chi connectivity index (χ4v) is 2.88. The van der Waals surface area contributed by atoms with E-state index in [-0.39, 0.29) is 5.60 Å². The first kappa shape index (κ1) is 11.6. The van der Waals surface area contributed by atoms with Crippen LogP contribution in [0.1, 0.15) is 29.4 Å². The van der Waals surface area contributed by atoms with Crippen LogP contribution in [0, 0.1) is 0 Å². The first-order chi connectivity index (χ1) is 7.67. The zero-order valence-corrected chi connectivity index (χ0v) is 10.5. The Morgan fingerprint density at radius 2 is 2.44 bits per heavy atom. The number of carbonyl (C=O) groups is 1. The average Bonchev–Trinajstić information content (AvgIpc) is 2.78. The SMILES string of the molecule is COC1(C)CCCN(c2csc(C=O)c2)C1. The van der Waals surface area contributed by atoms with Crippen molar-refractivity contribution in [2.24, 2.45) is 0 Å². The number of aldehydes is 1. The van der Waals surface area contributed by atoms with Gasteiger partial charge in [-0.15, -0.1) is 11.3 Å². The summed E-state index contributed by atoms with van der Waals surface area (Å²) in [6, 6.07) is 1.96. The van der Waals surface area contributed by atoms with Gasteiger partial charge in [0.05, 0.1) is 10.5 Å². The number of carbonyl (C=O) groups excluding carboxylic acids is 1. The van der Waals surface area contributed by atoms with E-state index in [0.717, 1.165) is 42.8 Å². The third-order valence-electron chi connectivity index (χ3n) is 3.24. The van der Waals surface area contributed by atoms with Crippen LogP contribution in [0.15, 0.2) is 11.4 Å². The van der Waals surface area contributed by atoms with Crippen LogP contribution < -0.4 is 4.90 Å². The second kappa shape index (κ2) is 4.55. The second-order valence-electron chi connectivity index (χ2n) is 4.50. The molecular formula is C12H17NO2S.